The lowest BCUT2D eigenvalue weighted by molar-refractivity contribution is 0.304. The predicted octanol–water partition coefficient (Wildman–Crippen LogP) is 4.08. The van der Waals surface area contributed by atoms with E-state index in [-0.39, 0.29) is 11.9 Å². The Morgan fingerprint density at radius 2 is 2.00 bits per heavy atom. The van der Waals surface area contributed by atoms with Crippen molar-refractivity contribution < 1.29 is 9.13 Å². The first-order valence-corrected chi connectivity index (χ1v) is 6.37. The molecule has 2 aromatic carbocycles. The highest BCUT2D eigenvalue weighted by atomic mass is 35.5. The molecule has 0 aliphatic carbocycles. The van der Waals surface area contributed by atoms with Crippen LogP contribution in [0.3, 0.4) is 0 Å². The summed E-state index contributed by atoms with van der Waals surface area (Å²) in [6.45, 7) is 2.04. The molecule has 2 rings (SSSR count). The molecule has 0 aliphatic rings. The van der Waals surface area contributed by atoms with Crippen LogP contribution in [0.1, 0.15) is 24.1 Å². The maximum Gasteiger partial charge on any atom is 0.131 e. The SMILES string of the molecule is CC(N)c1ccc(OCc2ccccc2Cl)cc1F. The summed E-state index contributed by atoms with van der Waals surface area (Å²) < 4.78 is 19.2. The Labute approximate surface area is 117 Å². The van der Waals surface area contributed by atoms with E-state index in [4.69, 9.17) is 22.1 Å². The van der Waals surface area contributed by atoms with E-state index in [0.717, 1.165) is 5.56 Å². The van der Waals surface area contributed by atoms with Gasteiger partial charge in [0.05, 0.1) is 0 Å². The monoisotopic (exact) mass is 279 g/mol. The number of nitrogens with two attached hydrogens (primary N) is 1. The normalized spacial score (nSPS) is 12.2. The topological polar surface area (TPSA) is 35.2 Å². The minimum Gasteiger partial charge on any atom is -0.489 e. The smallest absolute Gasteiger partial charge is 0.131 e. The molecule has 1 atom stereocenters. The Bertz CT molecular complexity index is 572. The van der Waals surface area contributed by atoms with Gasteiger partial charge in [-0.05, 0) is 19.1 Å². The molecule has 0 aromatic heterocycles. The minimum atomic E-state index is -0.355. The van der Waals surface area contributed by atoms with Crippen LogP contribution in [0, 0.1) is 5.82 Å². The van der Waals surface area contributed by atoms with Crippen molar-refractivity contribution in [2.75, 3.05) is 0 Å². The molecule has 0 heterocycles. The van der Waals surface area contributed by atoms with Crippen molar-refractivity contribution in [2.45, 2.75) is 19.6 Å². The number of benzene rings is 2. The van der Waals surface area contributed by atoms with Gasteiger partial charge in [0.15, 0.2) is 0 Å². The third kappa shape index (κ3) is 3.46. The Hall–Kier alpha value is -1.58. The molecule has 0 fully saturated rings. The van der Waals surface area contributed by atoms with Gasteiger partial charge in [0.1, 0.15) is 18.2 Å². The summed E-state index contributed by atoms with van der Waals surface area (Å²) in [4.78, 5) is 0. The van der Waals surface area contributed by atoms with Crippen molar-refractivity contribution in [1.29, 1.82) is 0 Å². The highest BCUT2D eigenvalue weighted by molar-refractivity contribution is 6.31. The van der Waals surface area contributed by atoms with Crippen molar-refractivity contribution in [2.24, 2.45) is 5.73 Å². The fourth-order valence-electron chi connectivity index (χ4n) is 1.74. The van der Waals surface area contributed by atoms with Crippen LogP contribution in [0.5, 0.6) is 5.75 Å². The summed E-state index contributed by atoms with van der Waals surface area (Å²) in [5.41, 5.74) is 6.99. The quantitative estimate of drug-likeness (QED) is 0.915. The lowest BCUT2D eigenvalue weighted by atomic mass is 10.1. The van der Waals surface area contributed by atoms with Gasteiger partial charge in [-0.3, -0.25) is 0 Å². The Morgan fingerprint density at radius 3 is 2.63 bits per heavy atom. The molecule has 0 aliphatic heterocycles. The first-order chi connectivity index (χ1) is 9.08. The number of hydrogen-bond donors (Lipinski definition) is 1. The first kappa shape index (κ1) is 13.8. The largest absolute Gasteiger partial charge is 0.489 e. The van der Waals surface area contributed by atoms with Crippen LogP contribution in [0.25, 0.3) is 0 Å². The summed E-state index contributed by atoms with van der Waals surface area (Å²) in [7, 11) is 0. The second-order valence-corrected chi connectivity index (χ2v) is 4.76. The molecule has 2 N–H and O–H groups in total. The molecule has 100 valence electrons. The van der Waals surface area contributed by atoms with E-state index < -0.39 is 0 Å². The Balaban J connectivity index is 2.08. The standard InChI is InChI=1S/C15H15ClFNO/c1-10(18)13-7-6-12(8-15(13)17)19-9-11-4-2-3-5-14(11)16/h2-8,10H,9,18H2,1H3. The molecule has 0 saturated heterocycles. The van der Waals surface area contributed by atoms with Crippen LogP contribution in [-0.4, -0.2) is 0 Å². The van der Waals surface area contributed by atoms with Crippen LogP contribution in [0.2, 0.25) is 5.02 Å². The summed E-state index contributed by atoms with van der Waals surface area (Å²) in [6.07, 6.45) is 0. The molecule has 0 saturated carbocycles. The van der Waals surface area contributed by atoms with Crippen LogP contribution in [0.15, 0.2) is 42.5 Å². The zero-order valence-electron chi connectivity index (χ0n) is 10.6. The fraction of sp³-hybridized carbons (Fsp3) is 0.200. The molecule has 0 bridgehead atoms. The summed E-state index contributed by atoms with van der Waals surface area (Å²) in [5.74, 6) is 0.105. The summed E-state index contributed by atoms with van der Waals surface area (Å²) in [5, 5.41) is 0.634. The lowest BCUT2D eigenvalue weighted by Gasteiger charge is -2.11. The van der Waals surface area contributed by atoms with Gasteiger partial charge in [-0.15, -0.1) is 0 Å². The summed E-state index contributed by atoms with van der Waals surface area (Å²) >= 11 is 6.02. The molecule has 1 unspecified atom stereocenters. The zero-order chi connectivity index (χ0) is 13.8. The second-order valence-electron chi connectivity index (χ2n) is 4.35. The second kappa shape index (κ2) is 6.04. The number of rotatable bonds is 4. The molecular formula is C15H15ClFNO. The van der Waals surface area contributed by atoms with Crippen molar-refractivity contribution >= 4 is 11.6 Å². The van der Waals surface area contributed by atoms with E-state index in [0.29, 0.717) is 22.9 Å². The molecule has 19 heavy (non-hydrogen) atoms. The Kier molecular flexibility index (Phi) is 4.40. The van der Waals surface area contributed by atoms with Crippen LogP contribution in [0.4, 0.5) is 4.39 Å². The number of halogens is 2. The Morgan fingerprint density at radius 1 is 1.26 bits per heavy atom. The van der Waals surface area contributed by atoms with Crippen molar-refractivity contribution in [3.63, 3.8) is 0 Å². The fourth-order valence-corrected chi connectivity index (χ4v) is 1.93. The van der Waals surface area contributed by atoms with Crippen LogP contribution in [-0.2, 0) is 6.61 Å². The first-order valence-electron chi connectivity index (χ1n) is 5.99. The van der Waals surface area contributed by atoms with Crippen LogP contribution < -0.4 is 10.5 Å². The van der Waals surface area contributed by atoms with Gasteiger partial charge in [-0.2, -0.15) is 0 Å². The molecule has 2 nitrogen and oxygen atoms in total. The third-order valence-corrected chi connectivity index (χ3v) is 3.18. The van der Waals surface area contributed by atoms with Gasteiger partial charge in [0.25, 0.3) is 0 Å². The van der Waals surface area contributed by atoms with Gasteiger partial charge in [0.2, 0.25) is 0 Å². The zero-order valence-corrected chi connectivity index (χ0v) is 11.3. The van der Waals surface area contributed by atoms with Crippen molar-refractivity contribution in [1.82, 2.24) is 0 Å². The van der Waals surface area contributed by atoms with E-state index >= 15 is 0 Å². The van der Waals surface area contributed by atoms with Gasteiger partial charge in [-0.1, -0.05) is 35.9 Å². The van der Waals surface area contributed by atoms with Gasteiger partial charge < -0.3 is 10.5 Å². The van der Waals surface area contributed by atoms with E-state index in [1.807, 2.05) is 18.2 Å². The van der Waals surface area contributed by atoms with Gasteiger partial charge >= 0.3 is 0 Å². The molecule has 0 radical (unpaired) electrons. The average Bonchev–Trinajstić information content (AvgIpc) is 2.37. The molecule has 4 heteroatoms. The number of hydrogen-bond acceptors (Lipinski definition) is 2. The predicted molar refractivity (Wildman–Crippen MR) is 74.8 cm³/mol. The maximum atomic E-state index is 13.7. The van der Waals surface area contributed by atoms with E-state index in [2.05, 4.69) is 0 Å². The van der Waals surface area contributed by atoms with Crippen molar-refractivity contribution in [3.8, 4) is 5.75 Å². The molecule has 2 aromatic rings. The lowest BCUT2D eigenvalue weighted by Crippen LogP contribution is -2.07. The van der Waals surface area contributed by atoms with E-state index in [1.54, 1.807) is 25.1 Å². The average molecular weight is 280 g/mol. The molecule has 0 spiro atoms. The van der Waals surface area contributed by atoms with Crippen molar-refractivity contribution in [3.05, 3.63) is 64.4 Å². The third-order valence-electron chi connectivity index (χ3n) is 2.81. The van der Waals surface area contributed by atoms with E-state index in [9.17, 15) is 4.39 Å². The highest BCUT2D eigenvalue weighted by Gasteiger charge is 2.08. The molecular weight excluding hydrogens is 265 g/mol. The van der Waals surface area contributed by atoms with E-state index in [1.165, 1.54) is 6.07 Å². The van der Waals surface area contributed by atoms with Gasteiger partial charge in [-0.25, -0.2) is 4.39 Å². The maximum absolute atomic E-state index is 13.7. The minimum absolute atomic E-state index is 0.302. The highest BCUT2D eigenvalue weighted by Crippen LogP contribution is 2.22. The summed E-state index contributed by atoms with van der Waals surface area (Å²) in [6, 6.07) is 11.7. The van der Waals surface area contributed by atoms with Gasteiger partial charge in [0, 0.05) is 28.3 Å². The van der Waals surface area contributed by atoms with Crippen LogP contribution >= 0.6 is 11.6 Å². The number of ether oxygens (including phenoxy) is 1. The molecule has 0 amide bonds.